The van der Waals surface area contributed by atoms with Gasteiger partial charge >= 0.3 is 0 Å². The maximum Gasteiger partial charge on any atom is 0.163 e. The highest BCUT2D eigenvalue weighted by Crippen LogP contribution is 2.30. The molecule has 1 fully saturated rings. The van der Waals surface area contributed by atoms with Crippen LogP contribution in [0.25, 0.3) is 0 Å². The van der Waals surface area contributed by atoms with Crippen molar-refractivity contribution in [3.8, 4) is 0 Å². The normalized spacial score (nSPS) is 15.2. The third kappa shape index (κ3) is 5.37. The van der Waals surface area contributed by atoms with Gasteiger partial charge in [-0.1, -0.05) is 91.0 Å². The van der Waals surface area contributed by atoms with Crippen molar-refractivity contribution in [3.63, 3.8) is 0 Å². The molecule has 0 atom stereocenters. The molecule has 3 aromatic carbocycles. The fourth-order valence-corrected chi connectivity index (χ4v) is 4.96. The van der Waals surface area contributed by atoms with Crippen LogP contribution in [-0.2, 0) is 13.0 Å². The highest BCUT2D eigenvalue weighted by atomic mass is 15.5. The summed E-state index contributed by atoms with van der Waals surface area (Å²) in [7, 11) is 0. The highest BCUT2D eigenvalue weighted by Gasteiger charge is 2.24. The van der Waals surface area contributed by atoms with E-state index in [1.807, 2.05) is 4.68 Å². The Bertz CT molecular complexity index is 1060. The zero-order valence-corrected chi connectivity index (χ0v) is 19.0. The van der Waals surface area contributed by atoms with Crippen LogP contribution in [0.5, 0.6) is 0 Å². The van der Waals surface area contributed by atoms with Crippen molar-refractivity contribution in [1.29, 1.82) is 0 Å². The number of tetrazole rings is 1. The largest absolute Gasteiger partial charge is 0.301 e. The number of benzene rings is 3. The Kier molecular flexibility index (Phi) is 6.88. The number of rotatable bonds is 8. The Labute approximate surface area is 196 Å². The van der Waals surface area contributed by atoms with Gasteiger partial charge < -0.3 is 4.90 Å². The molecule has 0 unspecified atom stereocenters. The molecular formula is C28H31N5. The summed E-state index contributed by atoms with van der Waals surface area (Å²) in [6.07, 6.45) is 3.71. The van der Waals surface area contributed by atoms with Crippen LogP contribution in [0.3, 0.4) is 0 Å². The van der Waals surface area contributed by atoms with Crippen LogP contribution in [0.2, 0.25) is 0 Å². The summed E-state index contributed by atoms with van der Waals surface area (Å²) < 4.78 is 2.00. The van der Waals surface area contributed by atoms with E-state index in [1.165, 1.54) is 36.0 Å². The molecule has 0 spiro atoms. The van der Waals surface area contributed by atoms with Gasteiger partial charge in [0.05, 0.1) is 12.5 Å². The lowest BCUT2D eigenvalue weighted by atomic mass is 9.90. The molecule has 0 N–H and O–H groups in total. The van der Waals surface area contributed by atoms with E-state index >= 15 is 0 Å². The molecule has 0 aliphatic carbocycles. The third-order valence-electron chi connectivity index (χ3n) is 6.79. The molecule has 0 amide bonds. The van der Waals surface area contributed by atoms with E-state index in [2.05, 4.69) is 111 Å². The Morgan fingerprint density at radius 3 is 1.91 bits per heavy atom. The molecule has 168 valence electrons. The zero-order valence-electron chi connectivity index (χ0n) is 19.0. The van der Waals surface area contributed by atoms with Crippen LogP contribution in [-0.4, -0.2) is 44.7 Å². The molecule has 0 radical (unpaired) electrons. The van der Waals surface area contributed by atoms with Gasteiger partial charge in [0, 0.05) is 6.54 Å². The van der Waals surface area contributed by atoms with Crippen molar-refractivity contribution in [2.45, 2.75) is 31.7 Å². The van der Waals surface area contributed by atoms with Crippen LogP contribution in [0, 0.1) is 5.92 Å². The van der Waals surface area contributed by atoms with Gasteiger partial charge in [0.25, 0.3) is 0 Å². The Hall–Kier alpha value is -3.31. The molecule has 4 aromatic rings. The van der Waals surface area contributed by atoms with Crippen molar-refractivity contribution in [2.75, 3.05) is 19.6 Å². The summed E-state index contributed by atoms with van der Waals surface area (Å²) in [5.41, 5.74) is 3.88. The fraction of sp³-hybridized carbons (Fsp3) is 0.321. The van der Waals surface area contributed by atoms with Crippen LogP contribution in [0.15, 0.2) is 91.0 Å². The van der Waals surface area contributed by atoms with Crippen LogP contribution < -0.4 is 0 Å². The van der Waals surface area contributed by atoms with Crippen LogP contribution >= 0.6 is 0 Å². The van der Waals surface area contributed by atoms with Crippen molar-refractivity contribution in [2.24, 2.45) is 5.92 Å². The molecule has 1 aliphatic heterocycles. The Balaban J connectivity index is 1.24. The molecule has 5 rings (SSSR count). The fourth-order valence-electron chi connectivity index (χ4n) is 4.96. The Morgan fingerprint density at radius 1 is 0.727 bits per heavy atom. The number of hydrogen-bond donors (Lipinski definition) is 0. The van der Waals surface area contributed by atoms with Crippen molar-refractivity contribution < 1.29 is 0 Å². The first-order valence-electron chi connectivity index (χ1n) is 12.0. The number of nitrogens with zero attached hydrogens (tertiary/aromatic N) is 5. The van der Waals surface area contributed by atoms with Gasteiger partial charge in [-0.2, -0.15) is 0 Å². The summed E-state index contributed by atoms with van der Waals surface area (Å²) in [5.74, 6) is 1.72. The number of likely N-dealkylation sites (tertiary alicyclic amines) is 1. The second kappa shape index (κ2) is 10.5. The molecule has 1 aromatic heterocycles. The van der Waals surface area contributed by atoms with Crippen LogP contribution in [0.1, 0.15) is 41.3 Å². The van der Waals surface area contributed by atoms with Crippen molar-refractivity contribution >= 4 is 0 Å². The standard InChI is InChI=1S/C28H31N5/c1-4-10-23(11-5-1)22-24-16-18-32(19-17-24)20-21-33-28(29-30-31-33)27(25-12-6-2-7-13-25)26-14-8-3-9-15-26/h1-15,24,27H,16-22H2. The van der Waals surface area contributed by atoms with E-state index in [0.717, 1.165) is 37.9 Å². The summed E-state index contributed by atoms with van der Waals surface area (Å²) in [4.78, 5) is 2.56. The quantitative estimate of drug-likeness (QED) is 0.397. The molecular weight excluding hydrogens is 406 g/mol. The molecule has 0 saturated carbocycles. The third-order valence-corrected chi connectivity index (χ3v) is 6.79. The first-order valence-corrected chi connectivity index (χ1v) is 12.0. The highest BCUT2D eigenvalue weighted by molar-refractivity contribution is 5.38. The number of aromatic nitrogens is 4. The van der Waals surface area contributed by atoms with Gasteiger partial charge in [-0.3, -0.25) is 0 Å². The lowest BCUT2D eigenvalue weighted by molar-refractivity contribution is 0.175. The first-order chi connectivity index (χ1) is 16.4. The minimum atomic E-state index is 0.0269. The van der Waals surface area contributed by atoms with Gasteiger partial charge in [-0.25, -0.2) is 4.68 Å². The maximum absolute atomic E-state index is 4.48. The minimum Gasteiger partial charge on any atom is -0.301 e. The monoisotopic (exact) mass is 437 g/mol. The van der Waals surface area contributed by atoms with Gasteiger partial charge in [0.1, 0.15) is 0 Å². The second-order valence-electron chi connectivity index (χ2n) is 8.99. The van der Waals surface area contributed by atoms with Gasteiger partial charge in [-0.15, -0.1) is 5.10 Å². The van der Waals surface area contributed by atoms with Crippen molar-refractivity contribution in [1.82, 2.24) is 25.1 Å². The average molecular weight is 438 g/mol. The van der Waals surface area contributed by atoms with Gasteiger partial charge in [0.15, 0.2) is 5.82 Å². The molecule has 1 saturated heterocycles. The predicted molar refractivity (Wildman–Crippen MR) is 131 cm³/mol. The first kappa shape index (κ1) is 21.5. The molecule has 33 heavy (non-hydrogen) atoms. The summed E-state index contributed by atoms with van der Waals surface area (Å²) in [6.45, 7) is 4.08. The summed E-state index contributed by atoms with van der Waals surface area (Å²) in [5, 5.41) is 12.9. The molecule has 1 aliphatic rings. The topological polar surface area (TPSA) is 46.8 Å². The average Bonchev–Trinajstić information content (AvgIpc) is 3.34. The Morgan fingerprint density at radius 2 is 1.30 bits per heavy atom. The lowest BCUT2D eigenvalue weighted by Crippen LogP contribution is -2.36. The van der Waals surface area contributed by atoms with Gasteiger partial charge in [-0.05, 0) is 65.4 Å². The van der Waals surface area contributed by atoms with E-state index < -0.39 is 0 Å². The van der Waals surface area contributed by atoms with E-state index in [4.69, 9.17) is 0 Å². The number of piperidine rings is 1. The summed E-state index contributed by atoms with van der Waals surface area (Å²) >= 11 is 0. The van der Waals surface area contributed by atoms with E-state index in [0.29, 0.717) is 0 Å². The maximum atomic E-state index is 4.48. The molecule has 0 bridgehead atoms. The lowest BCUT2D eigenvalue weighted by Gasteiger charge is -2.32. The van der Waals surface area contributed by atoms with Crippen molar-refractivity contribution in [3.05, 3.63) is 114 Å². The predicted octanol–water partition coefficient (Wildman–Crippen LogP) is 4.81. The minimum absolute atomic E-state index is 0.0269. The van der Waals surface area contributed by atoms with E-state index in [9.17, 15) is 0 Å². The van der Waals surface area contributed by atoms with E-state index in [1.54, 1.807) is 0 Å². The second-order valence-corrected chi connectivity index (χ2v) is 8.99. The molecule has 5 nitrogen and oxygen atoms in total. The SMILES string of the molecule is c1ccc(CC2CCN(CCn3nnnc3C(c3ccccc3)c3ccccc3)CC2)cc1. The number of hydrogen-bond acceptors (Lipinski definition) is 4. The smallest absolute Gasteiger partial charge is 0.163 e. The van der Waals surface area contributed by atoms with Gasteiger partial charge in [0.2, 0.25) is 0 Å². The van der Waals surface area contributed by atoms with Crippen LogP contribution in [0.4, 0.5) is 0 Å². The molecule has 5 heteroatoms. The van der Waals surface area contributed by atoms with E-state index in [-0.39, 0.29) is 5.92 Å². The molecule has 2 heterocycles. The summed E-state index contributed by atoms with van der Waals surface area (Å²) in [6, 6.07) is 32.0. The zero-order chi connectivity index (χ0) is 22.3.